The summed E-state index contributed by atoms with van der Waals surface area (Å²) in [6, 6.07) is 3.82. The van der Waals surface area contributed by atoms with Crippen LogP contribution in [0, 0.1) is 28.5 Å². The predicted octanol–water partition coefficient (Wildman–Crippen LogP) is 4.10. The van der Waals surface area contributed by atoms with Gasteiger partial charge in [0.15, 0.2) is 11.6 Å². The van der Waals surface area contributed by atoms with Crippen molar-refractivity contribution in [1.82, 2.24) is 4.72 Å². The maximum atomic E-state index is 14.5. The van der Waals surface area contributed by atoms with E-state index < -0.39 is 31.7 Å². The Morgan fingerprint density at radius 3 is 2.36 bits per heavy atom. The number of hydrogen-bond donors (Lipinski definition) is 2. The summed E-state index contributed by atoms with van der Waals surface area (Å²) >= 11 is 5.80. The molecule has 5 aliphatic rings. The lowest BCUT2D eigenvalue weighted by molar-refractivity contribution is -0.159. The maximum Gasteiger partial charge on any atom is 0.244 e. The summed E-state index contributed by atoms with van der Waals surface area (Å²) in [5.74, 6) is -0.642. The molecule has 4 bridgehead atoms. The molecule has 1 aromatic rings. The van der Waals surface area contributed by atoms with E-state index in [1.54, 1.807) is 0 Å². The Morgan fingerprint density at radius 2 is 1.76 bits per heavy atom. The summed E-state index contributed by atoms with van der Waals surface area (Å²) < 4.78 is 43.4. The fourth-order valence-corrected chi connectivity index (χ4v) is 9.65. The van der Waals surface area contributed by atoms with Crippen molar-refractivity contribution >= 4 is 33.3 Å². The number of halogens is 2. The number of carbonyl (C=O) groups is 2. The normalized spacial score (nSPS) is 34.5. The first kappa shape index (κ1) is 23.2. The van der Waals surface area contributed by atoms with E-state index in [4.69, 9.17) is 17.3 Å². The molecule has 33 heavy (non-hydrogen) atoms. The molecule has 6 rings (SSSR count). The van der Waals surface area contributed by atoms with Gasteiger partial charge in [-0.05, 0) is 80.8 Å². The second kappa shape index (κ2) is 7.75. The number of ketones is 1. The summed E-state index contributed by atoms with van der Waals surface area (Å²) in [6.07, 6.45) is 7.51. The number of benzene rings is 1. The number of carbonyl (C=O) groups excluding carboxylic acids is 2. The summed E-state index contributed by atoms with van der Waals surface area (Å²) in [6.45, 7) is 0. The van der Waals surface area contributed by atoms with Crippen LogP contribution >= 0.6 is 11.6 Å². The van der Waals surface area contributed by atoms with Gasteiger partial charge in [0.25, 0.3) is 0 Å². The van der Waals surface area contributed by atoms with Crippen LogP contribution in [0.1, 0.15) is 70.6 Å². The van der Waals surface area contributed by atoms with Crippen LogP contribution in [0.2, 0.25) is 5.02 Å². The minimum absolute atomic E-state index is 0.146. The lowest BCUT2D eigenvalue weighted by Crippen LogP contribution is -2.59. The predicted molar refractivity (Wildman–Crippen MR) is 121 cm³/mol. The van der Waals surface area contributed by atoms with Crippen molar-refractivity contribution in [3.05, 3.63) is 29.0 Å². The van der Waals surface area contributed by atoms with E-state index in [1.807, 2.05) is 0 Å². The Kier molecular flexibility index (Phi) is 5.46. The molecule has 0 heterocycles. The average molecular weight is 497 g/mol. The van der Waals surface area contributed by atoms with Crippen molar-refractivity contribution < 1.29 is 22.4 Å². The van der Waals surface area contributed by atoms with Crippen molar-refractivity contribution in [2.24, 2.45) is 28.4 Å². The van der Waals surface area contributed by atoms with Gasteiger partial charge in [0.05, 0.1) is 16.0 Å². The first-order chi connectivity index (χ1) is 15.5. The zero-order chi connectivity index (χ0) is 23.6. The molecule has 1 amide bonds. The Bertz CT molecular complexity index is 1100. The molecular weight excluding hydrogens is 467 g/mol. The lowest BCUT2D eigenvalue weighted by atomic mass is 9.43. The smallest absolute Gasteiger partial charge is 0.244 e. The fourth-order valence-electron chi connectivity index (χ4n) is 7.88. The van der Waals surface area contributed by atoms with E-state index in [9.17, 15) is 22.4 Å². The van der Waals surface area contributed by atoms with Gasteiger partial charge in [-0.25, -0.2) is 12.8 Å². The Morgan fingerprint density at radius 1 is 1.12 bits per heavy atom. The van der Waals surface area contributed by atoms with Gasteiger partial charge in [-0.15, -0.1) is 0 Å². The summed E-state index contributed by atoms with van der Waals surface area (Å²) in [7, 11) is -4.30. The first-order valence-electron chi connectivity index (χ1n) is 11.8. The standard InChI is InChI=1S/C24H30ClFN2O4S/c25-17-4-3-5-18(20(17)26)33(31,32)28-24(6-1-2-7-24)19(29)13-22-9-15-8-16(10-22)12-23(11-15,14-22)21(27)30/h3-5,15-16,28H,1-2,6-14H2,(H2,27,30). The summed E-state index contributed by atoms with van der Waals surface area (Å²) in [4.78, 5) is 25.7. The fraction of sp³-hybridized carbons (Fsp3) is 0.667. The molecule has 3 N–H and O–H groups in total. The van der Waals surface area contributed by atoms with Crippen LogP contribution < -0.4 is 10.5 Å². The lowest BCUT2D eigenvalue weighted by Gasteiger charge is -2.61. The van der Waals surface area contributed by atoms with Gasteiger partial charge in [0.2, 0.25) is 15.9 Å². The molecule has 180 valence electrons. The minimum Gasteiger partial charge on any atom is -0.369 e. The van der Waals surface area contributed by atoms with E-state index in [2.05, 4.69) is 4.72 Å². The highest BCUT2D eigenvalue weighted by molar-refractivity contribution is 7.89. The van der Waals surface area contributed by atoms with Crippen LogP contribution in [0.3, 0.4) is 0 Å². The molecule has 6 nitrogen and oxygen atoms in total. The third kappa shape index (κ3) is 3.82. The van der Waals surface area contributed by atoms with Gasteiger partial charge in [-0.1, -0.05) is 30.5 Å². The molecule has 2 atom stereocenters. The van der Waals surface area contributed by atoms with E-state index in [0.717, 1.165) is 51.0 Å². The number of Topliss-reactive ketones (excluding diaryl/α,β-unsaturated/α-hetero) is 1. The SMILES string of the molecule is NC(=O)C12CC3CC(CC(CC(=O)C4(NS(=O)(=O)c5cccc(Cl)c5F)CCCC4)(C3)C1)C2. The third-order valence-corrected chi connectivity index (χ3v) is 10.6. The number of rotatable bonds is 7. The zero-order valence-corrected chi connectivity index (χ0v) is 20.1. The Hall–Kier alpha value is -1.51. The van der Waals surface area contributed by atoms with Crippen molar-refractivity contribution in [2.75, 3.05) is 0 Å². The molecule has 2 unspecified atom stereocenters. The number of primary amides is 1. The van der Waals surface area contributed by atoms with Gasteiger partial charge in [0.1, 0.15) is 4.90 Å². The van der Waals surface area contributed by atoms with E-state index in [-0.39, 0.29) is 28.5 Å². The third-order valence-electron chi connectivity index (χ3n) is 8.77. The zero-order valence-electron chi connectivity index (χ0n) is 18.5. The Labute approximate surface area is 198 Å². The highest BCUT2D eigenvalue weighted by Gasteiger charge is 2.61. The van der Waals surface area contributed by atoms with Gasteiger partial charge < -0.3 is 5.73 Å². The molecule has 5 saturated carbocycles. The van der Waals surface area contributed by atoms with Crippen LogP contribution in [0.25, 0.3) is 0 Å². The molecule has 1 aromatic carbocycles. The number of sulfonamides is 1. The van der Waals surface area contributed by atoms with Gasteiger partial charge in [-0.3, -0.25) is 9.59 Å². The van der Waals surface area contributed by atoms with Crippen molar-refractivity contribution in [2.45, 2.75) is 81.1 Å². The van der Waals surface area contributed by atoms with Crippen LogP contribution in [0.5, 0.6) is 0 Å². The highest BCUT2D eigenvalue weighted by atomic mass is 35.5. The van der Waals surface area contributed by atoms with Crippen LogP contribution in [0.15, 0.2) is 23.1 Å². The van der Waals surface area contributed by atoms with E-state index in [0.29, 0.717) is 31.1 Å². The van der Waals surface area contributed by atoms with Crippen molar-refractivity contribution in [3.63, 3.8) is 0 Å². The molecule has 0 aromatic heterocycles. The molecule has 9 heteroatoms. The molecule has 5 aliphatic carbocycles. The summed E-state index contributed by atoms with van der Waals surface area (Å²) in [5, 5.41) is -0.282. The molecule has 0 saturated heterocycles. The molecular formula is C24H30ClFN2O4S. The maximum absolute atomic E-state index is 14.5. The van der Waals surface area contributed by atoms with E-state index >= 15 is 0 Å². The highest BCUT2D eigenvalue weighted by Crippen LogP contribution is 2.66. The largest absolute Gasteiger partial charge is 0.369 e. The van der Waals surface area contributed by atoms with Crippen LogP contribution in [0.4, 0.5) is 4.39 Å². The topological polar surface area (TPSA) is 106 Å². The Balaban J connectivity index is 1.43. The van der Waals surface area contributed by atoms with Crippen molar-refractivity contribution in [3.8, 4) is 0 Å². The van der Waals surface area contributed by atoms with Gasteiger partial charge in [0, 0.05) is 6.42 Å². The first-order valence-corrected chi connectivity index (χ1v) is 13.7. The molecule has 5 fully saturated rings. The van der Waals surface area contributed by atoms with Gasteiger partial charge >= 0.3 is 0 Å². The average Bonchev–Trinajstić information content (AvgIpc) is 3.17. The van der Waals surface area contributed by atoms with E-state index in [1.165, 1.54) is 12.1 Å². The quantitative estimate of drug-likeness (QED) is 0.592. The second-order valence-corrected chi connectivity index (χ2v) is 13.2. The van der Waals surface area contributed by atoms with Crippen molar-refractivity contribution in [1.29, 1.82) is 0 Å². The number of nitrogens with one attached hydrogen (secondary N) is 1. The number of amides is 1. The second-order valence-electron chi connectivity index (χ2n) is 11.2. The molecule has 0 radical (unpaired) electrons. The minimum atomic E-state index is -4.30. The summed E-state index contributed by atoms with van der Waals surface area (Å²) in [5.41, 5.74) is 3.75. The van der Waals surface area contributed by atoms with Crippen LogP contribution in [-0.2, 0) is 19.6 Å². The molecule has 0 spiro atoms. The number of nitrogens with two attached hydrogens (primary N) is 1. The molecule has 0 aliphatic heterocycles. The van der Waals surface area contributed by atoms with Crippen LogP contribution in [-0.4, -0.2) is 25.6 Å². The monoisotopic (exact) mass is 496 g/mol. The number of hydrogen-bond acceptors (Lipinski definition) is 4. The van der Waals surface area contributed by atoms with Gasteiger partial charge in [-0.2, -0.15) is 4.72 Å².